The maximum absolute atomic E-state index is 2.47. The summed E-state index contributed by atoms with van der Waals surface area (Å²) >= 11 is 0. The maximum Gasteiger partial charge on any atom is 0.133 e. The summed E-state index contributed by atoms with van der Waals surface area (Å²) < 4.78 is 0. The molecule has 0 aliphatic heterocycles. The maximum atomic E-state index is 2.47. The van der Waals surface area contributed by atoms with Crippen LogP contribution in [0.3, 0.4) is 0 Å². The minimum atomic E-state index is -0.491. The molecule has 1 radical (unpaired) electrons. The van der Waals surface area contributed by atoms with Gasteiger partial charge in [0, 0.05) is 54.1 Å². The van der Waals surface area contributed by atoms with Gasteiger partial charge in [0.25, 0.3) is 0 Å². The molecule has 0 aliphatic rings. The van der Waals surface area contributed by atoms with Crippen molar-refractivity contribution in [3.05, 3.63) is 48.5 Å². The van der Waals surface area contributed by atoms with E-state index in [-0.39, 0.29) is 22.4 Å². The fourth-order valence-electron chi connectivity index (χ4n) is 3.89. The molecular formula is C32H60AuP4+4. The van der Waals surface area contributed by atoms with Crippen LogP contribution in [-0.2, 0) is 22.4 Å². The summed E-state index contributed by atoms with van der Waals surface area (Å²) in [6.45, 7) is 38.5. The van der Waals surface area contributed by atoms with Gasteiger partial charge >= 0.3 is 0 Å². The van der Waals surface area contributed by atoms with Crippen molar-refractivity contribution in [3.8, 4) is 0 Å². The van der Waals surface area contributed by atoms with Gasteiger partial charge in [0.15, 0.2) is 0 Å². The topological polar surface area (TPSA) is 0 Å². The summed E-state index contributed by atoms with van der Waals surface area (Å²) in [5.74, 6) is 0. The molecule has 0 aromatic heterocycles. The van der Waals surface area contributed by atoms with Gasteiger partial charge < -0.3 is 0 Å². The van der Waals surface area contributed by atoms with Crippen LogP contribution >= 0.6 is 31.7 Å². The molecule has 0 amide bonds. The fraction of sp³-hybridized carbons (Fsp3) is 0.625. The smallest absolute Gasteiger partial charge is 0.0581 e. The van der Waals surface area contributed by atoms with E-state index in [2.05, 4.69) is 158 Å². The standard InChI is InChI=1S/2C16H28P2.Au/c2*1-15(2,3)17(7)13-11-9-10-12-14(13)18(8)16(4,5)6;/h2*9-12H,1-8H3;/p+4. The summed E-state index contributed by atoms with van der Waals surface area (Å²) in [7, 11) is -1.96. The average Bonchev–Trinajstić information content (AvgIpc) is 2.75. The second kappa shape index (κ2) is 14.7. The molecule has 0 fully saturated rings. The molecule has 215 valence electrons. The van der Waals surface area contributed by atoms with Crippen molar-refractivity contribution in [1.29, 1.82) is 0 Å². The van der Waals surface area contributed by atoms with E-state index >= 15 is 0 Å². The molecule has 0 spiro atoms. The molecule has 2 aromatic rings. The fourth-order valence-corrected chi connectivity index (χ4v) is 12.7. The summed E-state index contributed by atoms with van der Waals surface area (Å²) in [5, 5.41) is 8.40. The van der Waals surface area contributed by atoms with Crippen molar-refractivity contribution >= 4 is 52.9 Å². The summed E-state index contributed by atoms with van der Waals surface area (Å²) in [6, 6.07) is 18.4. The van der Waals surface area contributed by atoms with Crippen molar-refractivity contribution < 1.29 is 22.4 Å². The molecule has 5 heteroatoms. The van der Waals surface area contributed by atoms with Crippen LogP contribution in [0.2, 0.25) is 0 Å². The average molecular weight is 766 g/mol. The predicted octanol–water partition coefficient (Wildman–Crippen LogP) is 8.44. The van der Waals surface area contributed by atoms with E-state index in [1.165, 1.54) is 0 Å². The minimum Gasteiger partial charge on any atom is -0.0581 e. The number of hydrogen-bond donors (Lipinski definition) is 0. The van der Waals surface area contributed by atoms with Gasteiger partial charge in [0.05, 0.1) is 47.3 Å². The minimum absolute atomic E-state index is 0. The van der Waals surface area contributed by atoms with Crippen molar-refractivity contribution in [2.24, 2.45) is 0 Å². The second-order valence-corrected chi connectivity index (χ2v) is 27.7. The Bertz CT molecular complexity index is 801. The third-order valence-corrected chi connectivity index (χ3v) is 22.4. The van der Waals surface area contributed by atoms with Crippen molar-refractivity contribution in [2.75, 3.05) is 26.7 Å². The zero-order chi connectivity index (χ0) is 28.3. The van der Waals surface area contributed by atoms with Gasteiger partial charge in [-0.3, -0.25) is 0 Å². The first kappa shape index (κ1) is 37.9. The van der Waals surface area contributed by atoms with Crippen LogP contribution in [-0.4, -0.2) is 47.3 Å². The third kappa shape index (κ3) is 11.4. The summed E-state index contributed by atoms with van der Waals surface area (Å²) in [4.78, 5) is 0. The molecule has 0 bridgehead atoms. The van der Waals surface area contributed by atoms with Gasteiger partial charge in [-0.05, 0) is 107 Å². The second-order valence-electron chi connectivity index (χ2n) is 14.6. The molecule has 0 saturated heterocycles. The van der Waals surface area contributed by atoms with E-state index in [0.717, 1.165) is 0 Å². The first-order chi connectivity index (χ1) is 16.1. The van der Waals surface area contributed by atoms with Crippen LogP contribution in [0.5, 0.6) is 0 Å². The van der Waals surface area contributed by atoms with Gasteiger partial charge in [-0.15, -0.1) is 0 Å². The first-order valence-electron chi connectivity index (χ1n) is 13.7. The molecule has 2 rings (SSSR count). The van der Waals surface area contributed by atoms with Crippen LogP contribution in [0.1, 0.15) is 83.1 Å². The Morgan fingerprint density at radius 1 is 0.351 bits per heavy atom. The molecule has 0 aliphatic carbocycles. The van der Waals surface area contributed by atoms with E-state index in [1.54, 1.807) is 21.2 Å². The molecule has 0 N–H and O–H groups in total. The normalized spacial score (nSPS) is 16.0. The number of rotatable bonds is 4. The van der Waals surface area contributed by atoms with Crippen molar-refractivity contribution in [2.45, 2.75) is 104 Å². The molecule has 0 saturated carbocycles. The quantitative estimate of drug-likeness (QED) is 0.217. The Morgan fingerprint density at radius 2 is 0.486 bits per heavy atom. The summed E-state index contributed by atoms with van der Waals surface area (Å²) in [6.07, 6.45) is 0. The van der Waals surface area contributed by atoms with Gasteiger partial charge in [-0.25, -0.2) is 0 Å². The van der Waals surface area contributed by atoms with E-state index < -0.39 is 31.7 Å². The number of hydrogen-bond acceptors (Lipinski definition) is 0. The SMILES string of the molecule is C[PH+](c1ccccc1[PH+](C)C(C)(C)C)C(C)(C)C.C[PH+](c1ccccc1[PH+](C)C(C)(C)C)C(C)(C)C.[Au]. The van der Waals surface area contributed by atoms with Crippen LogP contribution in [0.25, 0.3) is 0 Å². The Hall–Kier alpha value is 0.900. The van der Waals surface area contributed by atoms with Crippen LogP contribution in [0.4, 0.5) is 0 Å². The van der Waals surface area contributed by atoms with Gasteiger partial charge in [-0.2, -0.15) is 0 Å². The molecule has 4 unspecified atom stereocenters. The van der Waals surface area contributed by atoms with Crippen molar-refractivity contribution in [1.82, 2.24) is 0 Å². The monoisotopic (exact) mass is 765 g/mol. The zero-order valence-corrected chi connectivity index (χ0v) is 33.1. The van der Waals surface area contributed by atoms with Crippen molar-refractivity contribution in [3.63, 3.8) is 0 Å². The largest absolute Gasteiger partial charge is 0.133 e. The Morgan fingerprint density at radius 3 is 0.595 bits per heavy atom. The molecule has 37 heavy (non-hydrogen) atoms. The Labute approximate surface area is 252 Å². The first-order valence-corrected chi connectivity index (χ1v) is 21.7. The Kier molecular flexibility index (Phi) is 15.0. The predicted molar refractivity (Wildman–Crippen MR) is 187 cm³/mol. The zero-order valence-electron chi connectivity index (χ0n) is 26.9. The van der Waals surface area contributed by atoms with Crippen LogP contribution in [0.15, 0.2) is 48.5 Å². The molecule has 0 nitrogen and oxygen atoms in total. The van der Waals surface area contributed by atoms with Gasteiger partial charge in [-0.1, -0.05) is 24.3 Å². The van der Waals surface area contributed by atoms with E-state index in [9.17, 15) is 0 Å². The number of benzene rings is 2. The molecule has 0 heterocycles. The van der Waals surface area contributed by atoms with Gasteiger partial charge in [0.1, 0.15) is 21.2 Å². The van der Waals surface area contributed by atoms with E-state index in [0.29, 0.717) is 20.6 Å². The molecular weight excluding hydrogens is 705 g/mol. The van der Waals surface area contributed by atoms with E-state index in [4.69, 9.17) is 0 Å². The van der Waals surface area contributed by atoms with Crippen LogP contribution < -0.4 is 21.2 Å². The third-order valence-electron chi connectivity index (χ3n) is 7.97. The van der Waals surface area contributed by atoms with Gasteiger partial charge in [0.2, 0.25) is 0 Å². The molecule has 2 aromatic carbocycles. The van der Waals surface area contributed by atoms with Crippen LogP contribution in [0, 0.1) is 0 Å². The molecule has 4 atom stereocenters. The summed E-state index contributed by atoms with van der Waals surface area (Å²) in [5.41, 5.74) is 0. The van der Waals surface area contributed by atoms with E-state index in [1.807, 2.05) is 0 Å². The Balaban J connectivity index is 0.000000682.